The number of nitrogens with two attached hydrogens (primary N) is 1. The lowest BCUT2D eigenvalue weighted by atomic mass is 9.96. The highest BCUT2D eigenvalue weighted by Crippen LogP contribution is 2.49. The van der Waals surface area contributed by atoms with Crippen LogP contribution in [0.1, 0.15) is 37.3 Å². The highest BCUT2D eigenvalue weighted by atomic mass is 19.1. The summed E-state index contributed by atoms with van der Waals surface area (Å²) in [5, 5.41) is 3.36. The van der Waals surface area contributed by atoms with Gasteiger partial charge in [-0.25, -0.2) is 8.78 Å². The van der Waals surface area contributed by atoms with E-state index in [1.54, 1.807) is 0 Å². The van der Waals surface area contributed by atoms with Crippen molar-refractivity contribution < 1.29 is 8.78 Å². The smallest absolute Gasteiger partial charge is 0.128 e. The molecule has 3 rings (SSSR count). The number of benzene rings is 1. The van der Waals surface area contributed by atoms with Crippen molar-refractivity contribution in [3.8, 4) is 0 Å². The molecule has 0 bridgehead atoms. The molecule has 4 heteroatoms. The van der Waals surface area contributed by atoms with Crippen LogP contribution in [0.3, 0.4) is 0 Å². The highest BCUT2D eigenvalue weighted by Gasteiger charge is 2.41. The van der Waals surface area contributed by atoms with Crippen LogP contribution in [0.15, 0.2) is 18.2 Å². The zero-order valence-corrected chi connectivity index (χ0v) is 11.6. The summed E-state index contributed by atoms with van der Waals surface area (Å²) in [6.07, 6.45) is 5.30. The molecule has 0 aromatic heterocycles. The molecule has 1 aromatic rings. The maximum atomic E-state index is 13.8. The van der Waals surface area contributed by atoms with E-state index in [9.17, 15) is 8.78 Å². The zero-order valence-electron chi connectivity index (χ0n) is 11.6. The molecule has 2 fully saturated rings. The topological polar surface area (TPSA) is 38.0 Å². The number of hydrogen-bond acceptors (Lipinski definition) is 2. The Bertz CT molecular complexity index is 458. The summed E-state index contributed by atoms with van der Waals surface area (Å²) in [6.45, 7) is 1.15. The average Bonchev–Trinajstić information content (AvgIpc) is 3.30. The molecule has 2 saturated carbocycles. The van der Waals surface area contributed by atoms with Crippen LogP contribution in [0.5, 0.6) is 0 Å². The van der Waals surface area contributed by atoms with E-state index >= 15 is 0 Å². The van der Waals surface area contributed by atoms with Gasteiger partial charge in [0.2, 0.25) is 0 Å². The largest absolute Gasteiger partial charge is 0.329 e. The molecule has 0 radical (unpaired) electrons. The van der Waals surface area contributed by atoms with Gasteiger partial charge in [0.25, 0.3) is 0 Å². The van der Waals surface area contributed by atoms with Crippen molar-refractivity contribution in [2.24, 2.45) is 23.5 Å². The maximum absolute atomic E-state index is 13.8. The molecule has 0 spiro atoms. The fourth-order valence-corrected chi connectivity index (χ4v) is 3.15. The second kappa shape index (κ2) is 5.78. The van der Waals surface area contributed by atoms with Crippen molar-refractivity contribution in [1.29, 1.82) is 0 Å². The number of rotatable bonds is 7. The SMILES string of the molecule is NCC(NCC(C1CC1)C1CC1)c1cc(F)ccc1F. The van der Waals surface area contributed by atoms with E-state index in [1.807, 2.05) is 0 Å². The molecular formula is C16H22F2N2. The minimum Gasteiger partial charge on any atom is -0.329 e. The van der Waals surface area contributed by atoms with Crippen LogP contribution in [0.25, 0.3) is 0 Å². The number of hydrogen-bond donors (Lipinski definition) is 2. The van der Waals surface area contributed by atoms with Crippen LogP contribution in [0, 0.1) is 29.4 Å². The molecule has 1 atom stereocenters. The third-order valence-corrected chi connectivity index (χ3v) is 4.62. The third kappa shape index (κ3) is 3.18. The summed E-state index contributed by atoms with van der Waals surface area (Å²) in [5.41, 5.74) is 6.09. The lowest BCUT2D eigenvalue weighted by molar-refractivity contribution is 0.354. The predicted molar refractivity (Wildman–Crippen MR) is 75.1 cm³/mol. The lowest BCUT2D eigenvalue weighted by Gasteiger charge is -2.22. The van der Waals surface area contributed by atoms with Gasteiger partial charge in [-0.2, -0.15) is 0 Å². The second-order valence-corrected chi connectivity index (χ2v) is 6.20. The molecule has 2 nitrogen and oxygen atoms in total. The molecule has 1 aromatic carbocycles. The van der Waals surface area contributed by atoms with Crippen molar-refractivity contribution in [3.63, 3.8) is 0 Å². The van der Waals surface area contributed by atoms with E-state index < -0.39 is 5.82 Å². The van der Waals surface area contributed by atoms with E-state index in [1.165, 1.54) is 37.8 Å². The summed E-state index contributed by atoms with van der Waals surface area (Å²) >= 11 is 0. The fraction of sp³-hybridized carbons (Fsp3) is 0.625. The first kappa shape index (κ1) is 14.0. The van der Waals surface area contributed by atoms with E-state index in [2.05, 4.69) is 5.32 Å². The Kier molecular flexibility index (Phi) is 4.03. The number of halogens is 2. The quantitative estimate of drug-likeness (QED) is 0.806. The Morgan fingerprint density at radius 3 is 2.35 bits per heavy atom. The summed E-state index contributed by atoms with van der Waals surface area (Å²) in [5.74, 6) is 1.57. The van der Waals surface area contributed by atoms with Gasteiger partial charge in [-0.05, 0) is 68.2 Å². The fourth-order valence-electron chi connectivity index (χ4n) is 3.15. The Labute approximate surface area is 118 Å². The Morgan fingerprint density at radius 1 is 1.15 bits per heavy atom. The van der Waals surface area contributed by atoms with E-state index in [0.29, 0.717) is 11.5 Å². The van der Waals surface area contributed by atoms with Gasteiger partial charge >= 0.3 is 0 Å². The molecule has 3 N–H and O–H groups in total. The summed E-state index contributed by atoms with van der Waals surface area (Å²) in [6, 6.07) is 3.27. The molecular weight excluding hydrogens is 258 g/mol. The molecule has 110 valence electrons. The Morgan fingerprint density at radius 2 is 1.80 bits per heavy atom. The molecule has 0 saturated heterocycles. The first-order valence-electron chi connectivity index (χ1n) is 7.57. The van der Waals surface area contributed by atoms with Crippen LogP contribution in [0.2, 0.25) is 0 Å². The van der Waals surface area contributed by atoms with Crippen LogP contribution in [-0.2, 0) is 0 Å². The monoisotopic (exact) mass is 280 g/mol. The van der Waals surface area contributed by atoms with Crippen LogP contribution < -0.4 is 11.1 Å². The van der Waals surface area contributed by atoms with Gasteiger partial charge < -0.3 is 11.1 Å². The predicted octanol–water partition coefficient (Wildman–Crippen LogP) is 2.99. The van der Waals surface area contributed by atoms with Crippen LogP contribution in [-0.4, -0.2) is 13.1 Å². The first-order chi connectivity index (χ1) is 9.69. The molecule has 1 unspecified atom stereocenters. The van der Waals surface area contributed by atoms with E-state index in [-0.39, 0.29) is 18.4 Å². The minimum absolute atomic E-state index is 0.280. The van der Waals surface area contributed by atoms with E-state index in [0.717, 1.165) is 24.4 Å². The zero-order chi connectivity index (χ0) is 14.1. The summed E-state index contributed by atoms with van der Waals surface area (Å²) in [7, 11) is 0. The Hall–Kier alpha value is -1.00. The minimum atomic E-state index is -0.414. The second-order valence-electron chi connectivity index (χ2n) is 6.20. The van der Waals surface area contributed by atoms with Gasteiger partial charge in [0.05, 0.1) is 0 Å². The van der Waals surface area contributed by atoms with E-state index in [4.69, 9.17) is 5.73 Å². The lowest BCUT2D eigenvalue weighted by Crippen LogP contribution is -2.34. The van der Waals surface area contributed by atoms with Gasteiger partial charge in [-0.3, -0.25) is 0 Å². The molecule has 2 aliphatic carbocycles. The van der Waals surface area contributed by atoms with Crippen molar-refractivity contribution in [1.82, 2.24) is 5.32 Å². The van der Waals surface area contributed by atoms with Crippen LogP contribution >= 0.6 is 0 Å². The molecule has 0 aliphatic heterocycles. The number of nitrogens with one attached hydrogen (secondary N) is 1. The molecule has 2 aliphatic rings. The Balaban J connectivity index is 1.65. The first-order valence-corrected chi connectivity index (χ1v) is 7.57. The average molecular weight is 280 g/mol. The van der Waals surface area contributed by atoms with Crippen molar-refractivity contribution in [2.75, 3.05) is 13.1 Å². The maximum Gasteiger partial charge on any atom is 0.128 e. The van der Waals surface area contributed by atoms with Crippen LogP contribution in [0.4, 0.5) is 8.78 Å². The van der Waals surface area contributed by atoms with Gasteiger partial charge in [0.1, 0.15) is 11.6 Å². The van der Waals surface area contributed by atoms with Gasteiger partial charge in [-0.15, -0.1) is 0 Å². The molecule has 20 heavy (non-hydrogen) atoms. The van der Waals surface area contributed by atoms with Crippen molar-refractivity contribution >= 4 is 0 Å². The third-order valence-electron chi connectivity index (χ3n) is 4.62. The van der Waals surface area contributed by atoms with Crippen molar-refractivity contribution in [2.45, 2.75) is 31.7 Å². The van der Waals surface area contributed by atoms with Gasteiger partial charge in [0.15, 0.2) is 0 Å². The standard InChI is InChI=1S/C16H22F2N2/c17-12-5-6-15(18)13(7-12)16(8-19)20-9-14(10-1-2-10)11-3-4-11/h5-7,10-11,14,16,20H,1-4,8-9,19H2. The summed E-state index contributed by atoms with van der Waals surface area (Å²) in [4.78, 5) is 0. The molecule has 0 heterocycles. The van der Waals surface area contributed by atoms with Gasteiger partial charge in [0, 0.05) is 18.2 Å². The summed E-state index contributed by atoms with van der Waals surface area (Å²) < 4.78 is 27.1. The van der Waals surface area contributed by atoms with Gasteiger partial charge in [-0.1, -0.05) is 0 Å². The van der Waals surface area contributed by atoms with Crippen molar-refractivity contribution in [3.05, 3.63) is 35.4 Å². The highest BCUT2D eigenvalue weighted by molar-refractivity contribution is 5.22. The molecule has 0 amide bonds. The normalized spacial score (nSPS) is 20.4.